The van der Waals surface area contributed by atoms with Crippen LogP contribution in [0.5, 0.6) is 5.75 Å². The van der Waals surface area contributed by atoms with Gasteiger partial charge in [-0.1, -0.05) is 23.2 Å². The molecule has 1 aromatic carbocycles. The molecular weight excluding hydrogens is 433 g/mol. The van der Waals surface area contributed by atoms with Gasteiger partial charge in [0.15, 0.2) is 12.4 Å². The molecule has 0 bridgehead atoms. The highest BCUT2D eigenvalue weighted by Crippen LogP contribution is 2.38. The van der Waals surface area contributed by atoms with Crippen molar-refractivity contribution in [2.45, 2.75) is 13.0 Å². The number of rotatable bonds is 6. The Morgan fingerprint density at radius 3 is 2.32 bits per heavy atom. The van der Waals surface area contributed by atoms with Crippen LogP contribution in [-0.2, 0) is 23.9 Å². The standard InChI is InChI=1S/C17H15Cl2NO7S/c1-8(16(23)26-3)20-15(22)12(28-17(20)24)6-9-4-10(18)14(11(19)5-9)27-7-13(21)25-2/h4-6,8H,7H2,1-3H3/b12-6+/t8-/m1/s1. The van der Waals surface area contributed by atoms with Crippen LogP contribution in [0.2, 0.25) is 10.0 Å². The molecule has 0 radical (unpaired) electrons. The summed E-state index contributed by atoms with van der Waals surface area (Å²) in [5.41, 5.74) is 0.427. The molecule has 0 saturated carbocycles. The van der Waals surface area contributed by atoms with E-state index < -0.39 is 29.1 Å². The maximum atomic E-state index is 12.5. The molecule has 1 aliphatic heterocycles. The Morgan fingerprint density at radius 1 is 1.18 bits per heavy atom. The van der Waals surface area contributed by atoms with Crippen LogP contribution in [0.4, 0.5) is 4.79 Å². The zero-order valence-electron chi connectivity index (χ0n) is 15.0. The Labute approximate surface area is 174 Å². The van der Waals surface area contributed by atoms with Crippen molar-refractivity contribution in [3.8, 4) is 5.75 Å². The molecule has 1 saturated heterocycles. The first-order valence-corrected chi connectivity index (χ1v) is 9.30. The normalized spacial score (nSPS) is 16.3. The summed E-state index contributed by atoms with van der Waals surface area (Å²) in [6.07, 6.45) is 1.41. The van der Waals surface area contributed by atoms with Gasteiger partial charge in [0.25, 0.3) is 11.1 Å². The number of benzene rings is 1. The summed E-state index contributed by atoms with van der Waals surface area (Å²) in [4.78, 5) is 48.3. The Bertz CT molecular complexity index is 848. The molecule has 1 aliphatic rings. The topological polar surface area (TPSA) is 99.2 Å². The number of methoxy groups -OCH3 is 2. The molecule has 2 amide bonds. The predicted molar refractivity (Wildman–Crippen MR) is 103 cm³/mol. The fourth-order valence-electron chi connectivity index (χ4n) is 2.23. The van der Waals surface area contributed by atoms with Gasteiger partial charge in [-0.2, -0.15) is 0 Å². The van der Waals surface area contributed by atoms with Crippen molar-refractivity contribution >= 4 is 64.1 Å². The van der Waals surface area contributed by atoms with Gasteiger partial charge >= 0.3 is 11.9 Å². The maximum Gasteiger partial charge on any atom is 0.343 e. The quantitative estimate of drug-likeness (QED) is 0.484. The number of esters is 2. The van der Waals surface area contributed by atoms with E-state index >= 15 is 0 Å². The maximum absolute atomic E-state index is 12.5. The van der Waals surface area contributed by atoms with Gasteiger partial charge in [-0.05, 0) is 42.5 Å². The Kier molecular flexibility index (Phi) is 7.34. The van der Waals surface area contributed by atoms with Gasteiger partial charge in [-0.15, -0.1) is 0 Å². The molecule has 1 atom stereocenters. The molecule has 150 valence electrons. The number of amides is 2. The van der Waals surface area contributed by atoms with E-state index in [1.54, 1.807) is 0 Å². The minimum Gasteiger partial charge on any atom is -0.479 e. The lowest BCUT2D eigenvalue weighted by Crippen LogP contribution is -2.42. The number of nitrogens with zero attached hydrogens (tertiary/aromatic N) is 1. The van der Waals surface area contributed by atoms with E-state index in [2.05, 4.69) is 9.47 Å². The number of carbonyl (C=O) groups excluding carboxylic acids is 4. The molecule has 11 heteroatoms. The van der Waals surface area contributed by atoms with Gasteiger partial charge < -0.3 is 14.2 Å². The lowest BCUT2D eigenvalue weighted by atomic mass is 10.2. The highest BCUT2D eigenvalue weighted by atomic mass is 35.5. The third kappa shape index (κ3) is 4.78. The zero-order valence-corrected chi connectivity index (χ0v) is 17.3. The lowest BCUT2D eigenvalue weighted by molar-refractivity contribution is -0.148. The van der Waals surface area contributed by atoms with Crippen molar-refractivity contribution in [1.82, 2.24) is 4.90 Å². The monoisotopic (exact) mass is 447 g/mol. The molecule has 0 aromatic heterocycles. The molecule has 2 rings (SSSR count). The molecule has 28 heavy (non-hydrogen) atoms. The fourth-order valence-corrected chi connectivity index (χ4v) is 3.75. The SMILES string of the molecule is COC(=O)COc1c(Cl)cc(/C=C2/SC(=O)N([C@H](C)C(=O)OC)C2=O)cc1Cl. The molecule has 1 fully saturated rings. The summed E-state index contributed by atoms with van der Waals surface area (Å²) in [7, 11) is 2.38. The van der Waals surface area contributed by atoms with Crippen LogP contribution in [0.25, 0.3) is 6.08 Å². The second-order valence-corrected chi connectivity index (χ2v) is 7.24. The second-order valence-electron chi connectivity index (χ2n) is 5.43. The minimum atomic E-state index is -1.05. The number of hydrogen-bond acceptors (Lipinski definition) is 8. The van der Waals surface area contributed by atoms with Gasteiger partial charge in [0.05, 0.1) is 29.2 Å². The van der Waals surface area contributed by atoms with Crippen LogP contribution in [-0.4, -0.2) is 54.9 Å². The van der Waals surface area contributed by atoms with Gasteiger partial charge in [-0.3, -0.25) is 14.5 Å². The summed E-state index contributed by atoms with van der Waals surface area (Å²) in [6.45, 7) is 1.02. The number of hydrogen-bond donors (Lipinski definition) is 0. The highest BCUT2D eigenvalue weighted by Gasteiger charge is 2.41. The predicted octanol–water partition coefficient (Wildman–Crippen LogP) is 3.14. The molecule has 1 heterocycles. The van der Waals surface area contributed by atoms with Gasteiger partial charge in [0, 0.05) is 0 Å². The van der Waals surface area contributed by atoms with Crippen LogP contribution in [0.1, 0.15) is 12.5 Å². The Balaban J connectivity index is 2.26. The van der Waals surface area contributed by atoms with Crippen molar-refractivity contribution in [3.05, 3.63) is 32.6 Å². The van der Waals surface area contributed by atoms with Gasteiger partial charge in [0.2, 0.25) is 0 Å². The van der Waals surface area contributed by atoms with Crippen molar-refractivity contribution in [2.24, 2.45) is 0 Å². The van der Waals surface area contributed by atoms with E-state index in [1.807, 2.05) is 0 Å². The molecule has 0 unspecified atom stereocenters. The van der Waals surface area contributed by atoms with Crippen LogP contribution in [0, 0.1) is 0 Å². The largest absolute Gasteiger partial charge is 0.479 e. The summed E-state index contributed by atoms with van der Waals surface area (Å²) in [5.74, 6) is -1.86. The number of imide groups is 1. The van der Waals surface area contributed by atoms with Crippen LogP contribution < -0.4 is 4.74 Å². The van der Waals surface area contributed by atoms with E-state index in [0.717, 1.165) is 4.90 Å². The van der Waals surface area contributed by atoms with E-state index in [4.69, 9.17) is 27.9 Å². The van der Waals surface area contributed by atoms with E-state index in [-0.39, 0.29) is 27.3 Å². The van der Waals surface area contributed by atoms with E-state index in [0.29, 0.717) is 17.3 Å². The zero-order chi connectivity index (χ0) is 21.0. The highest BCUT2D eigenvalue weighted by molar-refractivity contribution is 8.18. The van der Waals surface area contributed by atoms with Crippen molar-refractivity contribution in [2.75, 3.05) is 20.8 Å². The number of ether oxygens (including phenoxy) is 3. The average Bonchev–Trinajstić information content (AvgIpc) is 2.92. The molecule has 1 aromatic rings. The number of carbonyl (C=O) groups is 4. The molecular formula is C17H15Cl2NO7S. The summed E-state index contributed by atoms with van der Waals surface area (Å²) >= 11 is 12.9. The van der Waals surface area contributed by atoms with Gasteiger partial charge in [-0.25, -0.2) is 9.59 Å². The molecule has 0 aliphatic carbocycles. The second kappa shape index (κ2) is 9.31. The van der Waals surface area contributed by atoms with Crippen LogP contribution in [0.3, 0.4) is 0 Å². The molecule has 0 N–H and O–H groups in total. The first-order chi connectivity index (χ1) is 13.2. The summed E-state index contributed by atoms with van der Waals surface area (Å²) in [5, 5.41) is -0.390. The summed E-state index contributed by atoms with van der Waals surface area (Å²) in [6, 6.07) is 1.86. The van der Waals surface area contributed by atoms with Gasteiger partial charge in [0.1, 0.15) is 6.04 Å². The first-order valence-electron chi connectivity index (χ1n) is 7.73. The van der Waals surface area contributed by atoms with E-state index in [9.17, 15) is 19.2 Å². The first kappa shape index (κ1) is 22.1. The van der Waals surface area contributed by atoms with Crippen molar-refractivity contribution in [1.29, 1.82) is 0 Å². The summed E-state index contributed by atoms with van der Waals surface area (Å²) < 4.78 is 14.3. The smallest absolute Gasteiger partial charge is 0.343 e. The fraction of sp³-hybridized carbons (Fsp3) is 0.294. The molecule has 0 spiro atoms. The van der Waals surface area contributed by atoms with Crippen LogP contribution >= 0.6 is 35.0 Å². The number of halogens is 2. The molecule has 8 nitrogen and oxygen atoms in total. The number of thioether (sulfide) groups is 1. The van der Waals surface area contributed by atoms with E-state index in [1.165, 1.54) is 39.4 Å². The average molecular weight is 448 g/mol. The van der Waals surface area contributed by atoms with Crippen molar-refractivity contribution in [3.63, 3.8) is 0 Å². The lowest BCUT2D eigenvalue weighted by Gasteiger charge is -2.18. The third-order valence-electron chi connectivity index (χ3n) is 3.63. The Morgan fingerprint density at radius 2 is 1.79 bits per heavy atom. The minimum absolute atomic E-state index is 0.0818. The van der Waals surface area contributed by atoms with Crippen molar-refractivity contribution < 1.29 is 33.4 Å². The third-order valence-corrected chi connectivity index (χ3v) is 5.08. The Hall–Kier alpha value is -2.23. The van der Waals surface area contributed by atoms with Crippen LogP contribution in [0.15, 0.2) is 17.0 Å².